The van der Waals surface area contributed by atoms with Crippen molar-refractivity contribution in [1.82, 2.24) is 9.88 Å². The van der Waals surface area contributed by atoms with Gasteiger partial charge in [-0.25, -0.2) is 9.88 Å². The Kier molecular flexibility index (Phi) is 6.97. The van der Waals surface area contributed by atoms with Gasteiger partial charge in [0.05, 0.1) is 22.3 Å². The molecule has 204 valence electrons. The number of carbonyl (C=O) groups is 3. The number of imide groups is 1. The van der Waals surface area contributed by atoms with Crippen LogP contribution >= 0.6 is 11.3 Å². The van der Waals surface area contributed by atoms with E-state index in [4.69, 9.17) is 4.98 Å². The zero-order valence-corrected chi connectivity index (χ0v) is 23.9. The minimum atomic E-state index is -0.900. The highest BCUT2D eigenvalue weighted by atomic mass is 32.1. The van der Waals surface area contributed by atoms with Crippen LogP contribution in [0.2, 0.25) is 0 Å². The molecule has 1 fully saturated rings. The first-order valence-electron chi connectivity index (χ1n) is 13.5. The Bertz CT molecular complexity index is 1790. The second kappa shape index (κ2) is 10.7. The molecule has 6 rings (SSSR count). The molecule has 6 nitrogen and oxygen atoms in total. The molecule has 0 bridgehead atoms. The van der Waals surface area contributed by atoms with Crippen LogP contribution < -0.4 is 4.90 Å². The molecule has 0 radical (unpaired) electrons. The summed E-state index contributed by atoms with van der Waals surface area (Å²) < 4.78 is 1.11. The maximum absolute atomic E-state index is 13.9. The van der Waals surface area contributed by atoms with E-state index < -0.39 is 11.9 Å². The summed E-state index contributed by atoms with van der Waals surface area (Å²) in [5.74, 6) is -0.986. The first-order valence-corrected chi connectivity index (χ1v) is 14.4. The van der Waals surface area contributed by atoms with E-state index in [1.807, 2.05) is 80.6 Å². The molecule has 3 amide bonds. The number of hydrogen-bond acceptors (Lipinski definition) is 5. The molecule has 4 aromatic carbocycles. The lowest BCUT2D eigenvalue weighted by molar-refractivity contribution is -0.122. The van der Waals surface area contributed by atoms with E-state index >= 15 is 0 Å². The van der Waals surface area contributed by atoms with E-state index in [1.165, 1.54) is 10.5 Å². The molecule has 7 heteroatoms. The monoisotopic (exact) mass is 559 g/mol. The summed E-state index contributed by atoms with van der Waals surface area (Å²) in [6.45, 7) is 6.15. The number of fused-ring (bicyclic) bond motifs is 1. The van der Waals surface area contributed by atoms with Crippen LogP contribution in [0.15, 0.2) is 91.0 Å². The molecule has 0 aliphatic carbocycles. The second-order valence-corrected chi connectivity index (χ2v) is 11.6. The minimum Gasteiger partial charge on any atom is -0.322 e. The van der Waals surface area contributed by atoms with Crippen molar-refractivity contribution in [3.05, 3.63) is 119 Å². The Morgan fingerprint density at radius 1 is 0.902 bits per heavy atom. The number of anilines is 1. The SMILES string of the molecule is Cc1ccc(CN(C(=O)c2ccccc2C)C2CC(=O)N(c3ccc(-c4nc5ccc(C)cc5s4)cc3)C2=O)cc1. The fourth-order valence-electron chi connectivity index (χ4n) is 5.22. The average molecular weight is 560 g/mol. The molecule has 5 aromatic rings. The molecule has 0 saturated carbocycles. The molecule has 41 heavy (non-hydrogen) atoms. The smallest absolute Gasteiger partial charge is 0.257 e. The molecule has 1 unspecified atom stereocenters. The predicted octanol–water partition coefficient (Wildman–Crippen LogP) is 6.86. The quantitative estimate of drug-likeness (QED) is 0.213. The molecule has 1 atom stereocenters. The maximum Gasteiger partial charge on any atom is 0.257 e. The highest BCUT2D eigenvalue weighted by Crippen LogP contribution is 2.33. The lowest BCUT2D eigenvalue weighted by atomic mass is 10.0. The summed E-state index contributed by atoms with van der Waals surface area (Å²) in [5.41, 5.74) is 6.87. The first-order chi connectivity index (χ1) is 19.8. The van der Waals surface area contributed by atoms with E-state index in [1.54, 1.807) is 34.4 Å². The van der Waals surface area contributed by atoms with E-state index in [0.717, 1.165) is 37.5 Å². The zero-order chi connectivity index (χ0) is 28.7. The number of nitrogens with zero attached hydrogens (tertiary/aromatic N) is 3. The van der Waals surface area contributed by atoms with Gasteiger partial charge in [-0.15, -0.1) is 11.3 Å². The summed E-state index contributed by atoms with van der Waals surface area (Å²) in [7, 11) is 0. The number of hydrogen-bond donors (Lipinski definition) is 0. The molecule has 2 heterocycles. The van der Waals surface area contributed by atoms with Crippen LogP contribution in [0.5, 0.6) is 0 Å². The summed E-state index contributed by atoms with van der Waals surface area (Å²) in [6.07, 6.45) is -0.0682. The maximum atomic E-state index is 13.9. The summed E-state index contributed by atoms with van der Waals surface area (Å²) in [5, 5.41) is 0.877. The van der Waals surface area contributed by atoms with Crippen molar-refractivity contribution in [2.45, 2.75) is 39.8 Å². The molecule has 0 N–H and O–H groups in total. The Morgan fingerprint density at radius 3 is 2.34 bits per heavy atom. The number of carbonyl (C=O) groups excluding carboxylic acids is 3. The Balaban J connectivity index is 1.29. The molecule has 0 spiro atoms. The van der Waals surface area contributed by atoms with Crippen LogP contribution in [0.3, 0.4) is 0 Å². The number of rotatable bonds is 6. The second-order valence-electron chi connectivity index (χ2n) is 10.6. The van der Waals surface area contributed by atoms with Gasteiger partial charge >= 0.3 is 0 Å². The van der Waals surface area contributed by atoms with Gasteiger partial charge < -0.3 is 4.90 Å². The van der Waals surface area contributed by atoms with Crippen molar-refractivity contribution in [1.29, 1.82) is 0 Å². The van der Waals surface area contributed by atoms with Crippen molar-refractivity contribution in [3.63, 3.8) is 0 Å². The largest absolute Gasteiger partial charge is 0.322 e. The van der Waals surface area contributed by atoms with Crippen LogP contribution in [-0.2, 0) is 16.1 Å². The molecular formula is C34H29N3O3S. The van der Waals surface area contributed by atoms with Gasteiger partial charge in [-0.1, -0.05) is 54.1 Å². The Morgan fingerprint density at radius 2 is 1.61 bits per heavy atom. The van der Waals surface area contributed by atoms with Gasteiger partial charge in [0.2, 0.25) is 5.91 Å². The average Bonchev–Trinajstić information content (AvgIpc) is 3.52. The summed E-state index contributed by atoms with van der Waals surface area (Å²) in [4.78, 5) is 48.5. The standard InChI is InChI=1S/C34H29N3O3S/c1-21-8-11-24(12-9-21)20-36(33(39)27-7-5-4-6-23(27)3)29-19-31(38)37(34(29)40)26-15-13-25(14-16-26)32-35-28-17-10-22(2)18-30(28)41-32/h4-18,29H,19-20H2,1-3H3. The molecule has 1 aliphatic heterocycles. The molecular weight excluding hydrogens is 530 g/mol. The normalized spacial score (nSPS) is 15.1. The van der Waals surface area contributed by atoms with Gasteiger partial charge in [0.1, 0.15) is 11.0 Å². The number of aryl methyl sites for hydroxylation is 3. The van der Waals surface area contributed by atoms with Gasteiger partial charge in [-0.05, 0) is 79.9 Å². The van der Waals surface area contributed by atoms with Crippen LogP contribution in [-0.4, -0.2) is 33.6 Å². The van der Waals surface area contributed by atoms with E-state index in [-0.39, 0.29) is 24.8 Å². The number of benzene rings is 4. The van der Waals surface area contributed by atoms with Gasteiger partial charge in [0, 0.05) is 17.7 Å². The van der Waals surface area contributed by atoms with E-state index in [9.17, 15) is 14.4 Å². The number of amides is 3. The predicted molar refractivity (Wildman–Crippen MR) is 163 cm³/mol. The van der Waals surface area contributed by atoms with Gasteiger partial charge in [0.15, 0.2) is 0 Å². The zero-order valence-electron chi connectivity index (χ0n) is 23.1. The van der Waals surface area contributed by atoms with Crippen LogP contribution in [0, 0.1) is 20.8 Å². The fraction of sp³-hybridized carbons (Fsp3) is 0.176. The van der Waals surface area contributed by atoms with E-state index in [0.29, 0.717) is 11.3 Å². The first kappa shape index (κ1) is 26.6. The summed E-state index contributed by atoms with van der Waals surface area (Å²) in [6, 6.07) is 27.8. The van der Waals surface area contributed by atoms with Crippen molar-refractivity contribution >= 4 is 45.0 Å². The lowest BCUT2D eigenvalue weighted by Gasteiger charge is -2.28. The Hall–Kier alpha value is -4.62. The third-order valence-corrected chi connectivity index (χ3v) is 8.59. The summed E-state index contributed by atoms with van der Waals surface area (Å²) >= 11 is 1.61. The van der Waals surface area contributed by atoms with E-state index in [2.05, 4.69) is 13.0 Å². The van der Waals surface area contributed by atoms with Gasteiger partial charge in [0.25, 0.3) is 11.8 Å². The highest BCUT2D eigenvalue weighted by Gasteiger charge is 2.44. The van der Waals surface area contributed by atoms with Gasteiger partial charge in [-0.2, -0.15) is 0 Å². The molecule has 1 saturated heterocycles. The number of aromatic nitrogens is 1. The topological polar surface area (TPSA) is 70.6 Å². The van der Waals surface area contributed by atoms with Crippen molar-refractivity contribution in [3.8, 4) is 10.6 Å². The fourth-order valence-corrected chi connectivity index (χ4v) is 6.29. The third kappa shape index (κ3) is 5.16. The highest BCUT2D eigenvalue weighted by molar-refractivity contribution is 7.21. The van der Waals surface area contributed by atoms with Crippen LogP contribution in [0.4, 0.5) is 5.69 Å². The lowest BCUT2D eigenvalue weighted by Crippen LogP contribution is -2.45. The third-order valence-electron chi connectivity index (χ3n) is 7.53. The Labute approximate surface area is 242 Å². The molecule has 1 aromatic heterocycles. The van der Waals surface area contributed by atoms with Crippen molar-refractivity contribution in [2.24, 2.45) is 0 Å². The molecule has 1 aliphatic rings. The van der Waals surface area contributed by atoms with Crippen LogP contribution in [0.25, 0.3) is 20.8 Å². The minimum absolute atomic E-state index is 0.0682. The van der Waals surface area contributed by atoms with Crippen molar-refractivity contribution in [2.75, 3.05) is 4.90 Å². The van der Waals surface area contributed by atoms with Gasteiger partial charge in [-0.3, -0.25) is 14.4 Å². The number of thiazole rings is 1. The van der Waals surface area contributed by atoms with Crippen molar-refractivity contribution < 1.29 is 14.4 Å². The van der Waals surface area contributed by atoms with Crippen LogP contribution in [0.1, 0.15) is 39.0 Å².